The largest absolute Gasteiger partial charge is 0.496 e. The van der Waals surface area contributed by atoms with Crippen LogP contribution in [0, 0.1) is 0 Å². The summed E-state index contributed by atoms with van der Waals surface area (Å²) in [5, 5.41) is 3.85. The molecule has 108 valence electrons. The van der Waals surface area contributed by atoms with Crippen molar-refractivity contribution in [3.8, 4) is 5.75 Å². The number of benzene rings is 2. The Balaban J connectivity index is 2.09. The molecule has 0 amide bonds. The molecule has 21 heavy (non-hydrogen) atoms. The van der Waals surface area contributed by atoms with Crippen LogP contribution in [-0.4, -0.2) is 19.4 Å². The summed E-state index contributed by atoms with van der Waals surface area (Å²) in [4.78, 5) is 12.9. The average molecular weight is 302 g/mol. The van der Waals surface area contributed by atoms with Gasteiger partial charge in [0, 0.05) is 17.1 Å². The van der Waals surface area contributed by atoms with Gasteiger partial charge < -0.3 is 10.1 Å². The zero-order valence-electron chi connectivity index (χ0n) is 11.8. The van der Waals surface area contributed by atoms with E-state index in [4.69, 9.17) is 16.3 Å². The molecule has 0 atom stereocenters. The highest BCUT2D eigenvalue weighted by atomic mass is 35.5. The van der Waals surface area contributed by atoms with Gasteiger partial charge in [-0.15, -0.1) is 0 Å². The van der Waals surface area contributed by atoms with Gasteiger partial charge in [0.15, 0.2) is 5.78 Å². The summed E-state index contributed by atoms with van der Waals surface area (Å²) >= 11 is 6.03. The molecule has 1 N–H and O–H groups in total. The third-order valence-corrected chi connectivity index (χ3v) is 4.03. The fourth-order valence-electron chi connectivity index (χ4n) is 2.75. The molecule has 1 aliphatic rings. The number of ether oxygens (including phenoxy) is 1. The number of methoxy groups -OCH3 is 1. The van der Waals surface area contributed by atoms with E-state index in [9.17, 15) is 4.79 Å². The Morgan fingerprint density at radius 3 is 2.90 bits per heavy atom. The van der Waals surface area contributed by atoms with Gasteiger partial charge in [0.05, 0.1) is 12.7 Å². The first-order valence-electron chi connectivity index (χ1n) is 6.90. The summed E-state index contributed by atoms with van der Waals surface area (Å²) in [5.74, 6) is 0.518. The van der Waals surface area contributed by atoms with Crippen molar-refractivity contribution in [2.45, 2.75) is 13.0 Å². The molecule has 0 spiro atoms. The molecule has 0 aliphatic carbocycles. The summed E-state index contributed by atoms with van der Waals surface area (Å²) < 4.78 is 5.30. The lowest BCUT2D eigenvalue weighted by molar-refractivity contribution is 0.103. The number of carbonyl (C=O) groups is 1. The van der Waals surface area contributed by atoms with Crippen LogP contribution in [0.5, 0.6) is 5.75 Å². The van der Waals surface area contributed by atoms with E-state index in [0.29, 0.717) is 16.3 Å². The average Bonchev–Trinajstić information content (AvgIpc) is 2.53. The van der Waals surface area contributed by atoms with E-state index in [0.717, 1.165) is 30.6 Å². The third-order valence-electron chi connectivity index (χ3n) is 3.79. The van der Waals surface area contributed by atoms with Crippen molar-refractivity contribution in [3.63, 3.8) is 0 Å². The lowest BCUT2D eigenvalue weighted by atomic mass is 9.91. The topological polar surface area (TPSA) is 38.3 Å². The van der Waals surface area contributed by atoms with Gasteiger partial charge in [0.25, 0.3) is 0 Å². The number of ketones is 1. The second kappa shape index (κ2) is 5.88. The van der Waals surface area contributed by atoms with E-state index >= 15 is 0 Å². The van der Waals surface area contributed by atoms with Gasteiger partial charge in [0.2, 0.25) is 0 Å². The van der Waals surface area contributed by atoms with E-state index in [1.54, 1.807) is 25.3 Å². The molecule has 1 aliphatic heterocycles. The Hall–Kier alpha value is -1.84. The van der Waals surface area contributed by atoms with Crippen LogP contribution >= 0.6 is 11.6 Å². The molecule has 0 aromatic heterocycles. The van der Waals surface area contributed by atoms with Crippen LogP contribution in [0.25, 0.3) is 0 Å². The molecule has 0 unspecified atom stereocenters. The number of halogens is 1. The molecule has 0 fully saturated rings. The number of rotatable bonds is 3. The molecule has 0 saturated carbocycles. The van der Waals surface area contributed by atoms with Crippen LogP contribution in [-0.2, 0) is 13.0 Å². The van der Waals surface area contributed by atoms with E-state index in [1.807, 2.05) is 12.1 Å². The number of carbonyl (C=O) groups excluding carboxylic acids is 1. The van der Waals surface area contributed by atoms with Crippen LogP contribution in [0.2, 0.25) is 5.02 Å². The van der Waals surface area contributed by atoms with Crippen LogP contribution < -0.4 is 10.1 Å². The quantitative estimate of drug-likeness (QED) is 0.885. The molecule has 1 heterocycles. The third kappa shape index (κ3) is 2.67. The fourth-order valence-corrected chi connectivity index (χ4v) is 2.92. The first-order chi connectivity index (χ1) is 10.2. The van der Waals surface area contributed by atoms with E-state index in [1.165, 1.54) is 5.56 Å². The maximum atomic E-state index is 12.9. The highest BCUT2D eigenvalue weighted by Crippen LogP contribution is 2.28. The van der Waals surface area contributed by atoms with Gasteiger partial charge in [0.1, 0.15) is 5.75 Å². The molecule has 2 aromatic carbocycles. The first-order valence-corrected chi connectivity index (χ1v) is 7.28. The summed E-state index contributed by atoms with van der Waals surface area (Å²) in [6.07, 6.45) is 0.861. The van der Waals surface area contributed by atoms with E-state index in [2.05, 4.69) is 11.4 Å². The highest BCUT2D eigenvalue weighted by molar-refractivity contribution is 6.31. The fraction of sp³-hybridized carbons (Fsp3) is 0.235. The maximum absolute atomic E-state index is 12.9. The Bertz CT molecular complexity index is 697. The zero-order valence-corrected chi connectivity index (χ0v) is 12.5. The van der Waals surface area contributed by atoms with Crippen molar-refractivity contribution in [1.29, 1.82) is 0 Å². The van der Waals surface area contributed by atoms with Crippen molar-refractivity contribution < 1.29 is 9.53 Å². The molecule has 3 rings (SSSR count). The van der Waals surface area contributed by atoms with Crippen molar-refractivity contribution in [1.82, 2.24) is 5.32 Å². The van der Waals surface area contributed by atoms with Crippen molar-refractivity contribution >= 4 is 17.4 Å². The van der Waals surface area contributed by atoms with Crippen LogP contribution in [0.4, 0.5) is 0 Å². The molecule has 0 bridgehead atoms. The smallest absolute Gasteiger partial charge is 0.197 e. The SMILES string of the molecule is COc1ccc(Cl)cc1C(=O)c1cccc2c1CCNC2. The van der Waals surface area contributed by atoms with Gasteiger partial charge >= 0.3 is 0 Å². The minimum absolute atomic E-state index is 0.0342. The minimum Gasteiger partial charge on any atom is -0.496 e. The summed E-state index contributed by atoms with van der Waals surface area (Å²) in [7, 11) is 1.56. The van der Waals surface area contributed by atoms with Gasteiger partial charge in [-0.2, -0.15) is 0 Å². The number of nitrogens with one attached hydrogen (secondary N) is 1. The Morgan fingerprint density at radius 2 is 2.10 bits per heavy atom. The number of hydrogen-bond acceptors (Lipinski definition) is 3. The van der Waals surface area contributed by atoms with E-state index in [-0.39, 0.29) is 5.78 Å². The predicted molar refractivity (Wildman–Crippen MR) is 83.3 cm³/mol. The summed E-state index contributed by atoms with van der Waals surface area (Å²) in [6.45, 7) is 1.70. The van der Waals surface area contributed by atoms with Crippen molar-refractivity contribution in [2.24, 2.45) is 0 Å². The van der Waals surface area contributed by atoms with E-state index < -0.39 is 0 Å². The highest BCUT2D eigenvalue weighted by Gasteiger charge is 2.21. The predicted octanol–water partition coefficient (Wildman–Crippen LogP) is 3.23. The van der Waals surface area contributed by atoms with Crippen molar-refractivity contribution in [2.75, 3.05) is 13.7 Å². The molecule has 4 heteroatoms. The Morgan fingerprint density at radius 1 is 1.24 bits per heavy atom. The monoisotopic (exact) mass is 301 g/mol. The summed E-state index contributed by atoms with van der Waals surface area (Å²) in [6, 6.07) is 11.0. The number of hydrogen-bond donors (Lipinski definition) is 1. The Labute approximate surface area is 128 Å². The lowest BCUT2D eigenvalue weighted by Gasteiger charge is -2.20. The second-order valence-electron chi connectivity index (χ2n) is 5.04. The van der Waals surface area contributed by atoms with Crippen LogP contribution in [0.3, 0.4) is 0 Å². The van der Waals surface area contributed by atoms with Crippen LogP contribution in [0.15, 0.2) is 36.4 Å². The van der Waals surface area contributed by atoms with Gasteiger partial charge in [-0.05, 0) is 42.3 Å². The van der Waals surface area contributed by atoms with Gasteiger partial charge in [-0.3, -0.25) is 4.79 Å². The summed E-state index contributed by atoms with van der Waals surface area (Å²) in [5.41, 5.74) is 3.57. The normalized spacial score (nSPS) is 13.6. The van der Waals surface area contributed by atoms with Crippen LogP contribution in [0.1, 0.15) is 27.0 Å². The molecule has 0 saturated heterocycles. The minimum atomic E-state index is -0.0342. The lowest BCUT2D eigenvalue weighted by Crippen LogP contribution is -2.25. The molecule has 3 nitrogen and oxygen atoms in total. The van der Waals surface area contributed by atoms with Crippen molar-refractivity contribution in [3.05, 3.63) is 63.7 Å². The maximum Gasteiger partial charge on any atom is 0.197 e. The molecular weight excluding hydrogens is 286 g/mol. The number of fused-ring (bicyclic) bond motifs is 1. The van der Waals surface area contributed by atoms with Gasteiger partial charge in [-0.25, -0.2) is 0 Å². The Kier molecular flexibility index (Phi) is 3.95. The standard InChI is InChI=1S/C17H16ClNO2/c1-21-16-6-5-12(18)9-15(16)17(20)14-4-2-3-11-10-19-8-7-13(11)14/h2-6,9,19H,7-8,10H2,1H3. The second-order valence-corrected chi connectivity index (χ2v) is 5.48. The molecule has 0 radical (unpaired) electrons. The molecular formula is C17H16ClNO2. The molecule has 2 aromatic rings. The van der Waals surface area contributed by atoms with Gasteiger partial charge in [-0.1, -0.05) is 29.8 Å². The first kappa shape index (κ1) is 14.1. The zero-order chi connectivity index (χ0) is 14.8.